The van der Waals surface area contributed by atoms with E-state index in [0.717, 1.165) is 31.5 Å². The molecule has 1 aliphatic heterocycles. The van der Waals surface area contributed by atoms with Gasteiger partial charge in [0.25, 0.3) is 0 Å². The summed E-state index contributed by atoms with van der Waals surface area (Å²) in [5, 5.41) is 3.30. The van der Waals surface area contributed by atoms with Crippen LogP contribution in [-0.4, -0.2) is 20.2 Å². The first kappa shape index (κ1) is 11.6. The predicted molar refractivity (Wildman–Crippen MR) is 62.0 cm³/mol. The Morgan fingerprint density at radius 1 is 1.38 bits per heavy atom. The summed E-state index contributed by atoms with van der Waals surface area (Å²) in [5.41, 5.74) is 1.52. The summed E-state index contributed by atoms with van der Waals surface area (Å²) in [5.74, 6) is 0.286. The molecule has 0 aliphatic carbocycles. The van der Waals surface area contributed by atoms with Gasteiger partial charge in [0.05, 0.1) is 6.61 Å². The minimum absolute atomic E-state index is 0.0729. The summed E-state index contributed by atoms with van der Waals surface area (Å²) in [7, 11) is 1.59. The van der Waals surface area contributed by atoms with Crippen LogP contribution < -0.4 is 5.32 Å². The largest absolute Gasteiger partial charge is 0.380 e. The standard InChI is InChI=1S/C13H18FNO/c1-16-9-11-3-2-4-12(13(11)14)10-5-7-15-8-6-10/h2-4,10,15H,5-9H2,1H3. The Balaban J connectivity index is 2.22. The van der Waals surface area contributed by atoms with Gasteiger partial charge in [-0.15, -0.1) is 0 Å². The molecule has 1 aliphatic rings. The highest BCUT2D eigenvalue weighted by Gasteiger charge is 2.19. The fourth-order valence-electron chi connectivity index (χ4n) is 2.31. The lowest BCUT2D eigenvalue weighted by Crippen LogP contribution is -2.27. The molecular weight excluding hydrogens is 205 g/mol. The summed E-state index contributed by atoms with van der Waals surface area (Å²) in [4.78, 5) is 0. The van der Waals surface area contributed by atoms with E-state index in [9.17, 15) is 4.39 Å². The van der Waals surface area contributed by atoms with Crippen LogP contribution in [0.3, 0.4) is 0 Å². The van der Waals surface area contributed by atoms with Crippen molar-refractivity contribution in [1.29, 1.82) is 0 Å². The lowest BCUT2D eigenvalue weighted by Gasteiger charge is -2.24. The minimum atomic E-state index is -0.0729. The van der Waals surface area contributed by atoms with E-state index in [2.05, 4.69) is 5.32 Å². The van der Waals surface area contributed by atoms with E-state index in [1.54, 1.807) is 13.2 Å². The van der Waals surface area contributed by atoms with Gasteiger partial charge in [-0.2, -0.15) is 0 Å². The van der Waals surface area contributed by atoms with Crippen LogP contribution in [-0.2, 0) is 11.3 Å². The third-order valence-electron chi connectivity index (χ3n) is 3.19. The van der Waals surface area contributed by atoms with Crippen LogP contribution in [0.4, 0.5) is 4.39 Å². The molecule has 0 spiro atoms. The monoisotopic (exact) mass is 223 g/mol. The maximum Gasteiger partial charge on any atom is 0.132 e. The van der Waals surface area contributed by atoms with Gasteiger partial charge in [-0.3, -0.25) is 0 Å². The van der Waals surface area contributed by atoms with E-state index in [1.807, 2.05) is 12.1 Å². The molecule has 2 nitrogen and oxygen atoms in total. The molecular formula is C13H18FNO. The normalized spacial score (nSPS) is 17.6. The Hall–Kier alpha value is -0.930. The van der Waals surface area contributed by atoms with Gasteiger partial charge in [0.2, 0.25) is 0 Å². The van der Waals surface area contributed by atoms with Crippen molar-refractivity contribution in [3.63, 3.8) is 0 Å². The molecule has 16 heavy (non-hydrogen) atoms. The highest BCUT2D eigenvalue weighted by Crippen LogP contribution is 2.28. The van der Waals surface area contributed by atoms with Crippen molar-refractivity contribution in [2.45, 2.75) is 25.4 Å². The molecule has 0 unspecified atom stereocenters. The van der Waals surface area contributed by atoms with Crippen LogP contribution in [0.1, 0.15) is 29.9 Å². The first-order valence-corrected chi connectivity index (χ1v) is 5.80. The second-order valence-electron chi connectivity index (χ2n) is 4.28. The molecule has 1 aromatic carbocycles. The number of methoxy groups -OCH3 is 1. The number of ether oxygens (including phenoxy) is 1. The molecule has 2 rings (SSSR count). The van der Waals surface area contributed by atoms with Gasteiger partial charge < -0.3 is 10.1 Å². The second-order valence-corrected chi connectivity index (χ2v) is 4.28. The highest BCUT2D eigenvalue weighted by molar-refractivity contribution is 5.29. The Morgan fingerprint density at radius 2 is 2.12 bits per heavy atom. The van der Waals surface area contributed by atoms with Gasteiger partial charge in [0, 0.05) is 12.7 Å². The Morgan fingerprint density at radius 3 is 2.81 bits per heavy atom. The van der Waals surface area contributed by atoms with Crippen LogP contribution in [0.15, 0.2) is 18.2 Å². The first-order valence-electron chi connectivity index (χ1n) is 5.80. The van der Waals surface area contributed by atoms with E-state index in [-0.39, 0.29) is 5.82 Å². The zero-order valence-electron chi connectivity index (χ0n) is 9.63. The van der Waals surface area contributed by atoms with Gasteiger partial charge in [-0.1, -0.05) is 18.2 Å². The zero-order valence-corrected chi connectivity index (χ0v) is 9.63. The maximum absolute atomic E-state index is 14.1. The van der Waals surface area contributed by atoms with Crippen molar-refractivity contribution >= 4 is 0 Å². The zero-order chi connectivity index (χ0) is 11.4. The van der Waals surface area contributed by atoms with Crippen LogP contribution in [0, 0.1) is 5.82 Å². The van der Waals surface area contributed by atoms with Crippen molar-refractivity contribution in [2.24, 2.45) is 0 Å². The lowest BCUT2D eigenvalue weighted by molar-refractivity contribution is 0.181. The summed E-state index contributed by atoms with van der Waals surface area (Å²) < 4.78 is 19.1. The number of benzene rings is 1. The average Bonchev–Trinajstić information content (AvgIpc) is 2.33. The van der Waals surface area contributed by atoms with Crippen LogP contribution >= 0.6 is 0 Å². The van der Waals surface area contributed by atoms with Crippen molar-refractivity contribution in [1.82, 2.24) is 5.32 Å². The SMILES string of the molecule is COCc1cccc(C2CCNCC2)c1F. The van der Waals surface area contributed by atoms with E-state index in [0.29, 0.717) is 18.1 Å². The van der Waals surface area contributed by atoms with Gasteiger partial charge >= 0.3 is 0 Å². The fourth-order valence-corrected chi connectivity index (χ4v) is 2.31. The third-order valence-corrected chi connectivity index (χ3v) is 3.19. The predicted octanol–water partition coefficient (Wildman–Crippen LogP) is 2.44. The van der Waals surface area contributed by atoms with E-state index in [4.69, 9.17) is 4.74 Å². The molecule has 1 fully saturated rings. The van der Waals surface area contributed by atoms with Gasteiger partial charge in [-0.25, -0.2) is 4.39 Å². The van der Waals surface area contributed by atoms with Gasteiger partial charge in [0.15, 0.2) is 0 Å². The molecule has 1 saturated heterocycles. The maximum atomic E-state index is 14.1. The van der Waals surface area contributed by atoms with E-state index < -0.39 is 0 Å². The number of hydrogen-bond acceptors (Lipinski definition) is 2. The van der Waals surface area contributed by atoms with Gasteiger partial charge in [0.1, 0.15) is 5.82 Å². The molecule has 0 aromatic heterocycles. The molecule has 1 heterocycles. The Labute approximate surface area is 95.8 Å². The summed E-state index contributed by atoms with van der Waals surface area (Å²) in [6, 6.07) is 5.63. The lowest BCUT2D eigenvalue weighted by atomic mass is 9.89. The molecule has 1 N–H and O–H groups in total. The first-order chi connectivity index (χ1) is 7.83. The summed E-state index contributed by atoms with van der Waals surface area (Å²) in [6.45, 7) is 2.32. The number of halogens is 1. The summed E-state index contributed by atoms with van der Waals surface area (Å²) in [6.07, 6.45) is 2.04. The van der Waals surface area contributed by atoms with E-state index in [1.165, 1.54) is 0 Å². The van der Waals surface area contributed by atoms with Crippen LogP contribution in [0.25, 0.3) is 0 Å². The fraction of sp³-hybridized carbons (Fsp3) is 0.538. The van der Waals surface area contributed by atoms with Crippen molar-refractivity contribution < 1.29 is 9.13 Å². The minimum Gasteiger partial charge on any atom is -0.380 e. The molecule has 0 bridgehead atoms. The highest BCUT2D eigenvalue weighted by atomic mass is 19.1. The Kier molecular flexibility index (Phi) is 3.91. The van der Waals surface area contributed by atoms with Gasteiger partial charge in [-0.05, 0) is 37.4 Å². The number of nitrogens with one attached hydrogen (secondary N) is 1. The second kappa shape index (κ2) is 5.41. The van der Waals surface area contributed by atoms with Crippen molar-refractivity contribution in [3.05, 3.63) is 35.1 Å². The third kappa shape index (κ3) is 2.42. The molecule has 0 amide bonds. The van der Waals surface area contributed by atoms with Crippen molar-refractivity contribution in [2.75, 3.05) is 20.2 Å². The number of piperidine rings is 1. The van der Waals surface area contributed by atoms with Crippen molar-refractivity contribution in [3.8, 4) is 0 Å². The molecule has 0 radical (unpaired) electrons. The average molecular weight is 223 g/mol. The Bertz CT molecular complexity index is 348. The van der Waals surface area contributed by atoms with Crippen LogP contribution in [0.5, 0.6) is 0 Å². The summed E-state index contributed by atoms with van der Waals surface area (Å²) >= 11 is 0. The molecule has 88 valence electrons. The topological polar surface area (TPSA) is 21.3 Å². The molecule has 0 saturated carbocycles. The smallest absolute Gasteiger partial charge is 0.132 e. The quantitative estimate of drug-likeness (QED) is 0.849. The van der Waals surface area contributed by atoms with Crippen LogP contribution in [0.2, 0.25) is 0 Å². The molecule has 0 atom stereocenters. The van der Waals surface area contributed by atoms with E-state index >= 15 is 0 Å². The molecule has 3 heteroatoms. The molecule has 1 aromatic rings. The number of hydrogen-bond donors (Lipinski definition) is 1. The number of rotatable bonds is 3.